The Bertz CT molecular complexity index is 457. The second-order valence-corrected chi connectivity index (χ2v) is 6.61. The van der Waals surface area contributed by atoms with Crippen LogP contribution >= 0.6 is 0 Å². The smallest absolute Gasteiger partial charge is 0.149 e. The zero-order valence-electron chi connectivity index (χ0n) is 13.2. The minimum atomic E-state index is -0.480. The Morgan fingerprint density at radius 3 is 2.19 bits per heavy atom. The molecule has 0 aromatic heterocycles. The van der Waals surface area contributed by atoms with Crippen LogP contribution in [-0.4, -0.2) is 19.1 Å². The van der Waals surface area contributed by atoms with E-state index in [0.717, 1.165) is 31.6 Å². The topological polar surface area (TPSA) is 29.3 Å². The van der Waals surface area contributed by atoms with Crippen molar-refractivity contribution >= 4 is 5.69 Å². The van der Waals surface area contributed by atoms with Crippen molar-refractivity contribution in [1.82, 2.24) is 0 Å². The summed E-state index contributed by atoms with van der Waals surface area (Å²) in [6, 6.07) is 2.96. The Kier molecular flexibility index (Phi) is 5.20. The third kappa shape index (κ3) is 3.94. The Hall–Kier alpha value is -1.16. The fourth-order valence-corrected chi connectivity index (χ4v) is 3.26. The first-order valence-corrected chi connectivity index (χ1v) is 7.84. The van der Waals surface area contributed by atoms with E-state index in [4.69, 9.17) is 5.73 Å². The third-order valence-corrected chi connectivity index (χ3v) is 4.52. The first kappa shape index (κ1) is 16.2. The molecule has 1 atom stereocenters. The van der Waals surface area contributed by atoms with E-state index in [1.54, 1.807) is 11.9 Å². The van der Waals surface area contributed by atoms with Gasteiger partial charge in [-0.05, 0) is 62.6 Å². The Balaban J connectivity index is 2.19. The summed E-state index contributed by atoms with van der Waals surface area (Å²) in [5.41, 5.74) is 6.42. The van der Waals surface area contributed by atoms with Crippen molar-refractivity contribution in [2.24, 2.45) is 11.7 Å². The number of halogens is 2. The van der Waals surface area contributed by atoms with E-state index in [-0.39, 0.29) is 17.8 Å². The molecule has 1 aromatic rings. The number of benzene rings is 1. The molecule has 21 heavy (non-hydrogen) atoms. The maximum atomic E-state index is 14.3. The highest BCUT2D eigenvalue weighted by Gasteiger charge is 2.25. The molecule has 2 rings (SSSR count). The van der Waals surface area contributed by atoms with E-state index in [9.17, 15) is 8.78 Å². The Labute approximate surface area is 126 Å². The molecule has 118 valence electrons. The molecule has 1 aliphatic rings. The lowest BCUT2D eigenvalue weighted by Crippen LogP contribution is -2.36. The first-order valence-electron chi connectivity index (χ1n) is 7.84. The second kappa shape index (κ2) is 6.73. The maximum absolute atomic E-state index is 14.3. The SMILES string of the molecule is CC(N)Cc1cc(F)c(N(C)C2CCC(C)CC2)c(F)c1. The average Bonchev–Trinajstić information content (AvgIpc) is 2.37. The van der Waals surface area contributed by atoms with Crippen molar-refractivity contribution in [3.05, 3.63) is 29.3 Å². The summed E-state index contributed by atoms with van der Waals surface area (Å²) in [7, 11) is 1.80. The molecule has 1 saturated carbocycles. The minimum Gasteiger partial charge on any atom is -0.367 e. The van der Waals surface area contributed by atoms with Crippen LogP contribution in [0.2, 0.25) is 0 Å². The standard InChI is InChI=1S/C17H26F2N2/c1-11-4-6-14(7-5-11)21(3)17-15(18)9-13(8-12(2)20)10-16(17)19/h9-12,14H,4-8,20H2,1-3H3. The molecule has 0 aliphatic heterocycles. The van der Waals surface area contributed by atoms with Crippen LogP contribution < -0.4 is 10.6 Å². The van der Waals surface area contributed by atoms with Gasteiger partial charge in [-0.15, -0.1) is 0 Å². The van der Waals surface area contributed by atoms with Crippen molar-refractivity contribution in [1.29, 1.82) is 0 Å². The first-order chi connectivity index (χ1) is 9.88. The minimum absolute atomic E-state index is 0.1000. The van der Waals surface area contributed by atoms with E-state index in [0.29, 0.717) is 12.0 Å². The number of hydrogen-bond acceptors (Lipinski definition) is 2. The molecular weight excluding hydrogens is 270 g/mol. The van der Waals surface area contributed by atoms with Crippen LogP contribution in [0.4, 0.5) is 14.5 Å². The van der Waals surface area contributed by atoms with Gasteiger partial charge in [0.15, 0.2) is 0 Å². The normalized spacial score (nSPS) is 23.9. The summed E-state index contributed by atoms with van der Waals surface area (Å²) in [5.74, 6) is -0.240. The van der Waals surface area contributed by atoms with Crippen molar-refractivity contribution in [2.45, 2.75) is 58.0 Å². The van der Waals surface area contributed by atoms with Gasteiger partial charge in [0.05, 0.1) is 0 Å². The van der Waals surface area contributed by atoms with Gasteiger partial charge < -0.3 is 10.6 Å². The van der Waals surface area contributed by atoms with Gasteiger partial charge in [0.25, 0.3) is 0 Å². The Morgan fingerprint density at radius 1 is 1.19 bits per heavy atom. The summed E-state index contributed by atoms with van der Waals surface area (Å²) >= 11 is 0. The quantitative estimate of drug-likeness (QED) is 0.914. The number of rotatable bonds is 4. The maximum Gasteiger partial charge on any atom is 0.149 e. The van der Waals surface area contributed by atoms with Crippen molar-refractivity contribution in [2.75, 3.05) is 11.9 Å². The lowest BCUT2D eigenvalue weighted by Gasteiger charge is -2.35. The van der Waals surface area contributed by atoms with Crippen LogP contribution in [0, 0.1) is 17.6 Å². The van der Waals surface area contributed by atoms with E-state index < -0.39 is 11.6 Å². The molecule has 2 nitrogen and oxygen atoms in total. The van der Waals surface area contributed by atoms with Gasteiger partial charge in [-0.1, -0.05) is 6.92 Å². The number of nitrogens with zero attached hydrogens (tertiary/aromatic N) is 1. The number of anilines is 1. The third-order valence-electron chi connectivity index (χ3n) is 4.52. The monoisotopic (exact) mass is 296 g/mol. The molecule has 1 aromatic carbocycles. The van der Waals surface area contributed by atoms with Crippen LogP contribution in [-0.2, 0) is 6.42 Å². The second-order valence-electron chi connectivity index (χ2n) is 6.61. The predicted octanol–water partition coefficient (Wildman–Crippen LogP) is 3.87. The summed E-state index contributed by atoms with van der Waals surface area (Å²) < 4.78 is 28.6. The van der Waals surface area contributed by atoms with Crippen LogP contribution in [0.3, 0.4) is 0 Å². The molecule has 0 saturated heterocycles. The molecule has 0 radical (unpaired) electrons. The van der Waals surface area contributed by atoms with Crippen LogP contribution in [0.1, 0.15) is 45.1 Å². The fourth-order valence-electron chi connectivity index (χ4n) is 3.26. The zero-order valence-corrected chi connectivity index (χ0v) is 13.2. The van der Waals surface area contributed by atoms with Crippen molar-refractivity contribution < 1.29 is 8.78 Å². The van der Waals surface area contributed by atoms with Gasteiger partial charge >= 0.3 is 0 Å². The highest BCUT2D eigenvalue weighted by Crippen LogP contribution is 2.32. The molecule has 1 unspecified atom stereocenters. The molecule has 1 fully saturated rings. The highest BCUT2D eigenvalue weighted by molar-refractivity contribution is 5.51. The molecule has 0 bridgehead atoms. The van der Waals surface area contributed by atoms with Gasteiger partial charge in [0.2, 0.25) is 0 Å². The van der Waals surface area contributed by atoms with Gasteiger partial charge in [-0.2, -0.15) is 0 Å². The molecule has 0 amide bonds. The molecular formula is C17H26F2N2. The Morgan fingerprint density at radius 2 is 1.71 bits per heavy atom. The lowest BCUT2D eigenvalue weighted by atomic mass is 9.86. The molecule has 0 heterocycles. The van der Waals surface area contributed by atoms with E-state index in [1.165, 1.54) is 12.1 Å². The van der Waals surface area contributed by atoms with Gasteiger partial charge in [-0.3, -0.25) is 0 Å². The average molecular weight is 296 g/mol. The van der Waals surface area contributed by atoms with Crippen LogP contribution in [0.5, 0.6) is 0 Å². The fraction of sp³-hybridized carbons (Fsp3) is 0.647. The van der Waals surface area contributed by atoms with Gasteiger partial charge in [-0.25, -0.2) is 8.78 Å². The van der Waals surface area contributed by atoms with Gasteiger partial charge in [0, 0.05) is 19.1 Å². The lowest BCUT2D eigenvalue weighted by molar-refractivity contribution is 0.338. The molecule has 0 spiro atoms. The van der Waals surface area contributed by atoms with E-state index in [2.05, 4.69) is 6.92 Å². The van der Waals surface area contributed by atoms with Crippen LogP contribution in [0.15, 0.2) is 12.1 Å². The van der Waals surface area contributed by atoms with Crippen LogP contribution in [0.25, 0.3) is 0 Å². The summed E-state index contributed by atoms with van der Waals surface area (Å²) in [5, 5.41) is 0. The summed E-state index contributed by atoms with van der Waals surface area (Å²) in [4.78, 5) is 1.78. The summed E-state index contributed by atoms with van der Waals surface area (Å²) in [6.45, 7) is 4.07. The van der Waals surface area contributed by atoms with Gasteiger partial charge in [0.1, 0.15) is 17.3 Å². The van der Waals surface area contributed by atoms with E-state index in [1.807, 2.05) is 6.92 Å². The highest BCUT2D eigenvalue weighted by atomic mass is 19.1. The largest absolute Gasteiger partial charge is 0.367 e. The molecule has 1 aliphatic carbocycles. The molecule has 2 N–H and O–H groups in total. The number of nitrogens with two attached hydrogens (primary N) is 1. The van der Waals surface area contributed by atoms with E-state index >= 15 is 0 Å². The summed E-state index contributed by atoms with van der Waals surface area (Å²) in [6.07, 6.45) is 4.73. The zero-order chi connectivity index (χ0) is 15.6. The van der Waals surface area contributed by atoms with Crippen molar-refractivity contribution in [3.63, 3.8) is 0 Å². The molecule has 4 heteroatoms. The van der Waals surface area contributed by atoms with Crippen molar-refractivity contribution in [3.8, 4) is 0 Å². The predicted molar refractivity (Wildman–Crippen MR) is 83.5 cm³/mol. The number of hydrogen-bond donors (Lipinski definition) is 1.